The van der Waals surface area contributed by atoms with Crippen LogP contribution in [0.5, 0.6) is 0 Å². The molecule has 3 heteroatoms. The molecule has 0 radical (unpaired) electrons. The van der Waals surface area contributed by atoms with E-state index in [4.69, 9.17) is 4.74 Å². The quantitative estimate of drug-likeness (QED) is 0.791. The summed E-state index contributed by atoms with van der Waals surface area (Å²) in [6, 6.07) is 0.629. The molecule has 0 aromatic rings. The van der Waals surface area contributed by atoms with Crippen molar-refractivity contribution in [2.45, 2.75) is 50.6 Å². The van der Waals surface area contributed by atoms with Gasteiger partial charge in [0.05, 0.1) is 6.61 Å². The number of hydrogen-bond donors (Lipinski definition) is 1. The first-order chi connectivity index (χ1) is 7.77. The summed E-state index contributed by atoms with van der Waals surface area (Å²) in [5, 5.41) is 3.67. The van der Waals surface area contributed by atoms with Crippen molar-refractivity contribution in [3.05, 3.63) is 0 Å². The Morgan fingerprint density at radius 3 is 2.75 bits per heavy atom. The van der Waals surface area contributed by atoms with Crippen molar-refractivity contribution in [2.75, 3.05) is 33.4 Å². The first-order valence-corrected chi connectivity index (χ1v) is 6.74. The fourth-order valence-electron chi connectivity index (χ4n) is 3.30. The Hall–Kier alpha value is -0.120. The average Bonchev–Trinajstić information content (AvgIpc) is 2.32. The van der Waals surface area contributed by atoms with Gasteiger partial charge in [0.25, 0.3) is 0 Å². The molecular weight excluding hydrogens is 200 g/mol. The summed E-state index contributed by atoms with van der Waals surface area (Å²) in [6.07, 6.45) is 6.97. The van der Waals surface area contributed by atoms with Crippen molar-refractivity contribution in [3.8, 4) is 0 Å². The number of hydrogen-bond acceptors (Lipinski definition) is 3. The zero-order valence-corrected chi connectivity index (χ0v) is 10.8. The van der Waals surface area contributed by atoms with Gasteiger partial charge in [-0.25, -0.2) is 0 Å². The minimum absolute atomic E-state index is 0.448. The lowest BCUT2D eigenvalue weighted by molar-refractivity contribution is -0.00307. The van der Waals surface area contributed by atoms with E-state index in [1.165, 1.54) is 45.2 Å². The van der Waals surface area contributed by atoms with E-state index in [0.29, 0.717) is 11.6 Å². The average molecular weight is 226 g/mol. The van der Waals surface area contributed by atoms with Crippen LogP contribution in [0.2, 0.25) is 0 Å². The molecule has 1 spiro atoms. The van der Waals surface area contributed by atoms with Crippen molar-refractivity contribution in [3.63, 3.8) is 0 Å². The van der Waals surface area contributed by atoms with Gasteiger partial charge in [-0.15, -0.1) is 0 Å². The van der Waals surface area contributed by atoms with Crippen molar-refractivity contribution in [1.29, 1.82) is 0 Å². The molecule has 1 N–H and O–H groups in total. The maximum atomic E-state index is 5.25. The first-order valence-electron chi connectivity index (χ1n) is 6.74. The second-order valence-corrected chi connectivity index (χ2v) is 5.51. The van der Waals surface area contributed by atoms with Gasteiger partial charge < -0.3 is 10.1 Å². The Labute approximate surface area is 99.5 Å². The van der Waals surface area contributed by atoms with Crippen LogP contribution in [0.4, 0.5) is 0 Å². The van der Waals surface area contributed by atoms with E-state index in [1.807, 2.05) is 0 Å². The highest BCUT2D eigenvalue weighted by Crippen LogP contribution is 2.35. The van der Waals surface area contributed by atoms with Crippen LogP contribution in [0.15, 0.2) is 0 Å². The molecule has 2 aliphatic rings. The van der Waals surface area contributed by atoms with Gasteiger partial charge in [0, 0.05) is 38.3 Å². The number of piperazine rings is 1. The minimum atomic E-state index is 0.448. The number of nitrogens with one attached hydrogen (secondary N) is 1. The van der Waals surface area contributed by atoms with Gasteiger partial charge in [0.2, 0.25) is 0 Å². The Bertz CT molecular complexity index is 214. The maximum Gasteiger partial charge on any atom is 0.0589 e. The highest BCUT2D eigenvalue weighted by atomic mass is 16.5. The van der Waals surface area contributed by atoms with Crippen LogP contribution in [0, 0.1) is 0 Å². The molecule has 0 amide bonds. The topological polar surface area (TPSA) is 24.5 Å². The van der Waals surface area contributed by atoms with Crippen LogP contribution < -0.4 is 5.32 Å². The minimum Gasteiger partial charge on any atom is -0.383 e. The molecule has 2 fully saturated rings. The van der Waals surface area contributed by atoms with E-state index in [2.05, 4.69) is 17.1 Å². The van der Waals surface area contributed by atoms with Gasteiger partial charge in [-0.3, -0.25) is 4.90 Å². The highest BCUT2D eigenvalue weighted by molar-refractivity contribution is 4.99. The third-order valence-electron chi connectivity index (χ3n) is 4.29. The van der Waals surface area contributed by atoms with E-state index in [1.54, 1.807) is 7.11 Å². The molecule has 2 rings (SSSR count). The van der Waals surface area contributed by atoms with E-state index in [0.717, 1.165) is 13.2 Å². The lowest BCUT2D eigenvalue weighted by Gasteiger charge is -2.51. The summed E-state index contributed by atoms with van der Waals surface area (Å²) < 4.78 is 5.25. The fourth-order valence-corrected chi connectivity index (χ4v) is 3.30. The van der Waals surface area contributed by atoms with Crippen molar-refractivity contribution in [1.82, 2.24) is 10.2 Å². The fraction of sp³-hybridized carbons (Fsp3) is 1.00. The largest absolute Gasteiger partial charge is 0.383 e. The molecule has 1 unspecified atom stereocenters. The summed E-state index contributed by atoms with van der Waals surface area (Å²) in [5.41, 5.74) is 0.448. The smallest absolute Gasteiger partial charge is 0.0589 e. The maximum absolute atomic E-state index is 5.25. The Kier molecular flexibility index (Phi) is 4.22. The first kappa shape index (κ1) is 12.3. The summed E-state index contributed by atoms with van der Waals surface area (Å²) in [4.78, 5) is 2.69. The summed E-state index contributed by atoms with van der Waals surface area (Å²) in [6.45, 7) is 6.62. The van der Waals surface area contributed by atoms with E-state index >= 15 is 0 Å². The molecule has 1 saturated heterocycles. The standard InChI is InChI=1S/C13H26N2O/c1-12-10-15(8-9-16-2)13(11-14-12)6-4-3-5-7-13/h12,14H,3-11H2,1-2H3. The van der Waals surface area contributed by atoms with E-state index in [-0.39, 0.29) is 0 Å². The molecule has 1 aliphatic heterocycles. The van der Waals surface area contributed by atoms with Crippen molar-refractivity contribution in [2.24, 2.45) is 0 Å². The van der Waals surface area contributed by atoms with E-state index in [9.17, 15) is 0 Å². The zero-order valence-electron chi connectivity index (χ0n) is 10.8. The zero-order chi connectivity index (χ0) is 11.4. The van der Waals surface area contributed by atoms with Crippen molar-refractivity contribution < 1.29 is 4.74 Å². The molecule has 16 heavy (non-hydrogen) atoms. The summed E-state index contributed by atoms with van der Waals surface area (Å²) in [5.74, 6) is 0. The molecule has 0 aromatic carbocycles. The van der Waals surface area contributed by atoms with Gasteiger partial charge in [-0.1, -0.05) is 19.3 Å². The second kappa shape index (κ2) is 5.48. The molecule has 1 atom stereocenters. The molecule has 1 heterocycles. The number of ether oxygens (including phenoxy) is 1. The van der Waals surface area contributed by atoms with Crippen molar-refractivity contribution >= 4 is 0 Å². The van der Waals surface area contributed by atoms with Crippen LogP contribution in [0.3, 0.4) is 0 Å². The lowest BCUT2D eigenvalue weighted by atomic mass is 9.78. The molecule has 1 aliphatic carbocycles. The summed E-state index contributed by atoms with van der Waals surface area (Å²) in [7, 11) is 1.80. The Morgan fingerprint density at radius 1 is 1.31 bits per heavy atom. The highest BCUT2D eigenvalue weighted by Gasteiger charge is 2.40. The Morgan fingerprint density at radius 2 is 2.06 bits per heavy atom. The van der Waals surface area contributed by atoms with Gasteiger partial charge >= 0.3 is 0 Å². The van der Waals surface area contributed by atoms with Crippen LogP contribution in [0.1, 0.15) is 39.0 Å². The van der Waals surface area contributed by atoms with Gasteiger partial charge in [-0.05, 0) is 19.8 Å². The molecule has 0 bridgehead atoms. The van der Waals surface area contributed by atoms with E-state index < -0.39 is 0 Å². The predicted molar refractivity (Wildman–Crippen MR) is 66.7 cm³/mol. The van der Waals surface area contributed by atoms with Gasteiger partial charge in [-0.2, -0.15) is 0 Å². The molecule has 3 nitrogen and oxygen atoms in total. The third-order valence-corrected chi connectivity index (χ3v) is 4.29. The number of rotatable bonds is 3. The SMILES string of the molecule is COCCN1CC(C)NCC12CCCCC2. The van der Waals surface area contributed by atoms with Crippen LogP contribution in [0.25, 0.3) is 0 Å². The monoisotopic (exact) mass is 226 g/mol. The predicted octanol–water partition coefficient (Wildman–Crippen LogP) is 1.63. The third kappa shape index (κ3) is 2.58. The molecule has 1 saturated carbocycles. The number of methoxy groups -OCH3 is 1. The van der Waals surface area contributed by atoms with Gasteiger partial charge in [0.1, 0.15) is 0 Å². The second-order valence-electron chi connectivity index (χ2n) is 5.51. The Balaban J connectivity index is 2.00. The molecule has 94 valence electrons. The normalized spacial score (nSPS) is 30.8. The number of nitrogens with zero attached hydrogens (tertiary/aromatic N) is 1. The lowest BCUT2D eigenvalue weighted by Crippen LogP contribution is -2.65. The van der Waals surface area contributed by atoms with Gasteiger partial charge in [0.15, 0.2) is 0 Å². The van der Waals surface area contributed by atoms with Crippen LogP contribution in [-0.4, -0.2) is 49.8 Å². The van der Waals surface area contributed by atoms with Crippen LogP contribution in [-0.2, 0) is 4.74 Å². The molecular formula is C13H26N2O. The summed E-state index contributed by atoms with van der Waals surface area (Å²) >= 11 is 0. The molecule has 0 aromatic heterocycles. The van der Waals surface area contributed by atoms with Crippen LogP contribution >= 0.6 is 0 Å².